The summed E-state index contributed by atoms with van der Waals surface area (Å²) in [5.74, 6) is -2.92. The number of nitrogens with zero attached hydrogens (tertiary/aromatic N) is 15. The highest BCUT2D eigenvalue weighted by Gasteiger charge is 2.30. The van der Waals surface area contributed by atoms with Crippen LogP contribution in [0.2, 0.25) is 0 Å². The van der Waals surface area contributed by atoms with Gasteiger partial charge in [0.05, 0.1) is 67.1 Å². The van der Waals surface area contributed by atoms with Crippen molar-refractivity contribution in [2.24, 2.45) is 27.1 Å². The second-order valence-corrected chi connectivity index (χ2v) is 29.8. The lowest BCUT2D eigenvalue weighted by Crippen LogP contribution is -2.17. The quantitative estimate of drug-likeness (QED) is 0.0473. The first-order valence-corrected chi connectivity index (χ1v) is 36.1. The van der Waals surface area contributed by atoms with E-state index in [0.29, 0.717) is 29.8 Å². The number of hydrogen-bond acceptors (Lipinski definition) is 21. The number of hydrogen-bond donors (Lipinski definition) is 3. The molecule has 12 rings (SSSR count). The average molecular weight is 1500 g/mol. The van der Waals surface area contributed by atoms with E-state index in [9.17, 15) is 66.0 Å². The predicted octanol–water partition coefficient (Wildman–Crippen LogP) is 10.1. The molecule has 12 aromatic rings. The van der Waals surface area contributed by atoms with Crippen LogP contribution in [0.5, 0.6) is 17.2 Å². The molecule has 3 amide bonds. The molecule has 1 atom stereocenters. The molecule has 0 aliphatic heterocycles. The molecule has 39 heteroatoms. The first-order chi connectivity index (χ1) is 49.3. The third-order valence-electron chi connectivity index (χ3n) is 15.2. The maximum atomic E-state index is 13.1. The van der Waals surface area contributed by atoms with Crippen LogP contribution in [0.1, 0.15) is 78.5 Å². The number of benzene rings is 3. The van der Waals surface area contributed by atoms with Gasteiger partial charge in [0.2, 0.25) is 0 Å². The van der Waals surface area contributed by atoms with Gasteiger partial charge in [-0.3, -0.25) is 28.4 Å². The van der Waals surface area contributed by atoms with Crippen molar-refractivity contribution < 1.29 is 80.2 Å². The highest BCUT2D eigenvalue weighted by molar-refractivity contribution is 7.92. The summed E-state index contributed by atoms with van der Waals surface area (Å²) in [6.45, 7) is -0.926. The number of nitrogens with one attached hydrogen (secondary N) is 3. The molecule has 0 bridgehead atoms. The Morgan fingerprint density at radius 2 is 0.808 bits per heavy atom. The van der Waals surface area contributed by atoms with E-state index in [1.807, 2.05) is 0 Å². The van der Waals surface area contributed by atoms with Gasteiger partial charge in [-0.15, -0.1) is 0 Å². The molecule has 0 saturated carbocycles. The van der Waals surface area contributed by atoms with Crippen molar-refractivity contribution in [3.05, 3.63) is 164 Å². The Morgan fingerprint density at radius 3 is 1.12 bits per heavy atom. The third-order valence-corrected chi connectivity index (χ3v) is 21.5. The highest BCUT2D eigenvalue weighted by atomic mass is 32.2. The zero-order chi connectivity index (χ0) is 75.1. The maximum Gasteiger partial charge on any atom is 0.387 e. The number of rotatable bonds is 24. The summed E-state index contributed by atoms with van der Waals surface area (Å²) < 4.78 is 178. The van der Waals surface area contributed by atoms with E-state index in [1.165, 1.54) is 120 Å². The third kappa shape index (κ3) is 17.0. The predicted molar refractivity (Wildman–Crippen MR) is 365 cm³/mol. The van der Waals surface area contributed by atoms with Crippen LogP contribution in [0, 0.1) is 5.92 Å². The molecular formula is C65H64F6N18O12S3. The Bertz CT molecular complexity index is 5530. The molecule has 3 N–H and O–H groups in total. The molecule has 0 spiro atoms. The van der Waals surface area contributed by atoms with E-state index in [4.69, 9.17) is 0 Å². The SMILES string of the molecule is CC(C)CS(=O)(=O)c1ccc(OC(F)F)c(-c2nn(C)cc2NC(=O)c2cnn3cccnc23)c1.CCC(C)S(=O)(=O)c1ccc(OC(F)F)c(-c2nn(C)cc2NC(=O)c2cnn3cccnc23)c1.CCCS(=O)(=O)c1ccc(OC(F)F)c(-c2nn(C)cc2NC(=O)c2cnn3cccnc23)c1. The molecule has 30 nitrogen and oxygen atoms in total. The number of aromatic nitrogens is 15. The number of amides is 3. The van der Waals surface area contributed by atoms with E-state index in [2.05, 4.69) is 75.7 Å². The summed E-state index contributed by atoms with van der Waals surface area (Å²) in [6.07, 6.45) is 18.6. The minimum absolute atomic E-state index is 0.00799. The van der Waals surface area contributed by atoms with Crippen molar-refractivity contribution in [3.8, 4) is 51.0 Å². The van der Waals surface area contributed by atoms with Crippen LogP contribution in [0.25, 0.3) is 50.7 Å². The molecule has 0 aliphatic rings. The van der Waals surface area contributed by atoms with Crippen molar-refractivity contribution in [3.63, 3.8) is 0 Å². The van der Waals surface area contributed by atoms with Crippen LogP contribution in [0.15, 0.2) is 162 Å². The fraction of sp³-hybridized carbons (Fsp3) is 0.262. The summed E-state index contributed by atoms with van der Waals surface area (Å²) in [5.41, 5.74) is 2.11. The first-order valence-electron chi connectivity index (χ1n) is 31.2. The van der Waals surface area contributed by atoms with Gasteiger partial charge in [0.15, 0.2) is 46.5 Å². The minimum Gasteiger partial charge on any atom is -0.434 e. The fourth-order valence-electron chi connectivity index (χ4n) is 10.5. The number of anilines is 3. The number of sulfone groups is 3. The van der Waals surface area contributed by atoms with Gasteiger partial charge >= 0.3 is 19.8 Å². The zero-order valence-electron chi connectivity index (χ0n) is 56.2. The Morgan fingerprint density at radius 1 is 0.481 bits per heavy atom. The second kappa shape index (κ2) is 31.3. The van der Waals surface area contributed by atoms with Gasteiger partial charge in [-0.1, -0.05) is 27.7 Å². The summed E-state index contributed by atoms with van der Waals surface area (Å²) in [4.78, 5) is 51.2. The monoisotopic (exact) mass is 1500 g/mol. The van der Waals surface area contributed by atoms with Crippen molar-refractivity contribution in [2.45, 2.75) is 87.2 Å². The molecule has 104 heavy (non-hydrogen) atoms. The number of aryl methyl sites for hydroxylation is 3. The lowest BCUT2D eigenvalue weighted by Gasteiger charge is -2.15. The molecule has 0 saturated heterocycles. The summed E-state index contributed by atoms with van der Waals surface area (Å²) in [5, 5.41) is 32.4. The van der Waals surface area contributed by atoms with Crippen LogP contribution < -0.4 is 30.2 Å². The van der Waals surface area contributed by atoms with Crippen LogP contribution in [0.3, 0.4) is 0 Å². The summed E-state index contributed by atoms with van der Waals surface area (Å²) in [7, 11) is -6.39. The fourth-order valence-corrected chi connectivity index (χ4v) is 14.9. The Kier molecular flexibility index (Phi) is 22.6. The van der Waals surface area contributed by atoms with Crippen molar-refractivity contribution >= 4 is 81.2 Å². The molecule has 9 heterocycles. The van der Waals surface area contributed by atoms with E-state index in [-0.39, 0.29) is 117 Å². The van der Waals surface area contributed by atoms with E-state index >= 15 is 0 Å². The lowest BCUT2D eigenvalue weighted by molar-refractivity contribution is -0.0501. The van der Waals surface area contributed by atoms with Gasteiger partial charge in [-0.25, -0.2) is 53.8 Å². The smallest absolute Gasteiger partial charge is 0.387 e. The summed E-state index contributed by atoms with van der Waals surface area (Å²) >= 11 is 0. The van der Waals surface area contributed by atoms with Crippen LogP contribution in [0.4, 0.5) is 43.4 Å². The molecule has 1 unspecified atom stereocenters. The molecule has 0 fully saturated rings. The van der Waals surface area contributed by atoms with Crippen molar-refractivity contribution in [2.75, 3.05) is 27.5 Å². The Labute approximate surface area is 588 Å². The van der Waals surface area contributed by atoms with E-state index in [1.54, 1.807) is 92.6 Å². The maximum absolute atomic E-state index is 13.1. The van der Waals surface area contributed by atoms with Crippen molar-refractivity contribution in [1.29, 1.82) is 0 Å². The standard InChI is InChI=1S/2C22H22F2N6O4S.C21H20F2N6O4S/c1-13(2)12-35(32,33)14-5-6-18(34-22(23)24)15(9-14)19-17(11-29(3)28-19)27-21(31)16-10-26-30-8-4-7-25-20(16)30;1-4-13(2)35(32,33)14-6-7-18(34-22(23)24)15(10-14)19-17(12-29(3)28-19)27-21(31)16-11-26-30-9-5-8-25-20(16)30;1-3-9-34(31,32)13-5-6-17(33-21(22)23)14(10-13)18-16(12-28(2)27-18)26-20(30)15-11-25-29-8-4-7-24-19(15)29/h4-11,13,22H,12H2,1-3H3,(H,27,31);5-13,22H,4H2,1-3H3,(H,27,31);4-8,10-12,21H,3,9H2,1-2H3,(H,26,30). The van der Waals surface area contributed by atoms with Gasteiger partial charge in [-0.05, 0) is 98.5 Å². The average Bonchev–Trinajstić information content (AvgIpc) is 1.43. The van der Waals surface area contributed by atoms with Crippen LogP contribution >= 0.6 is 0 Å². The Balaban J connectivity index is 0.000000167. The molecule has 0 radical (unpaired) electrons. The van der Waals surface area contributed by atoms with Crippen molar-refractivity contribution in [1.82, 2.24) is 73.1 Å². The largest absolute Gasteiger partial charge is 0.434 e. The zero-order valence-corrected chi connectivity index (χ0v) is 58.6. The van der Waals surface area contributed by atoms with Crippen LogP contribution in [-0.4, -0.2) is 153 Å². The van der Waals surface area contributed by atoms with Gasteiger partial charge in [-0.2, -0.15) is 56.9 Å². The van der Waals surface area contributed by atoms with E-state index < -0.39 is 72.3 Å². The number of fused-ring (bicyclic) bond motifs is 3. The normalized spacial score (nSPS) is 12.2. The molecule has 546 valence electrons. The number of carbonyl (C=O) groups excluding carboxylic acids is 3. The highest BCUT2D eigenvalue weighted by Crippen LogP contribution is 2.41. The van der Waals surface area contributed by atoms with Gasteiger partial charge in [0.1, 0.15) is 51.0 Å². The topological polar surface area (TPSA) is 361 Å². The summed E-state index contributed by atoms with van der Waals surface area (Å²) in [6, 6.07) is 15.8. The Hall–Kier alpha value is -11.6. The number of alkyl halides is 6. The van der Waals surface area contributed by atoms with Gasteiger partial charge in [0, 0.05) is 93.6 Å². The molecule has 9 aromatic heterocycles. The minimum atomic E-state index is -3.74. The first kappa shape index (κ1) is 75.1. The van der Waals surface area contributed by atoms with Gasteiger partial charge in [0.25, 0.3) is 17.7 Å². The second-order valence-electron chi connectivity index (χ2n) is 23.3. The van der Waals surface area contributed by atoms with Gasteiger partial charge < -0.3 is 30.2 Å². The number of halogens is 6. The number of carbonyl (C=O) groups is 3. The molecule has 0 aliphatic carbocycles. The van der Waals surface area contributed by atoms with E-state index in [0.717, 1.165) is 18.2 Å². The number of ether oxygens (including phenoxy) is 3. The molecular weight excluding hydrogens is 1440 g/mol. The van der Waals surface area contributed by atoms with Crippen LogP contribution in [-0.2, 0) is 50.7 Å². The lowest BCUT2D eigenvalue weighted by atomic mass is 10.1. The molecule has 3 aromatic carbocycles.